The Morgan fingerprint density at radius 2 is 1.71 bits per heavy atom. The number of benzene rings is 1. The molecule has 8 heteroatoms. The van der Waals surface area contributed by atoms with Gasteiger partial charge in [0.25, 0.3) is 5.91 Å². The Kier molecular flexibility index (Phi) is 4.66. The molecule has 1 aromatic heterocycles. The van der Waals surface area contributed by atoms with Gasteiger partial charge in [0.15, 0.2) is 0 Å². The van der Waals surface area contributed by atoms with Gasteiger partial charge in [0, 0.05) is 64.1 Å². The van der Waals surface area contributed by atoms with E-state index in [-0.39, 0.29) is 17.9 Å². The molecule has 28 heavy (non-hydrogen) atoms. The molecule has 2 aromatic rings. The van der Waals surface area contributed by atoms with Crippen LogP contribution in [-0.4, -0.2) is 87.6 Å². The maximum Gasteiger partial charge on any atom is 0.319 e. The topological polar surface area (TPSA) is 89.9 Å². The number of rotatable bonds is 1. The van der Waals surface area contributed by atoms with Crippen molar-refractivity contribution in [1.29, 1.82) is 0 Å². The summed E-state index contributed by atoms with van der Waals surface area (Å²) in [5, 5.41) is 11.0. The third-order valence-electron chi connectivity index (χ3n) is 5.93. The highest BCUT2D eigenvalue weighted by Gasteiger charge is 2.47. The number of nitrogens with zero attached hydrogens (tertiary/aromatic N) is 5. The zero-order valence-electron chi connectivity index (χ0n) is 16.2. The Labute approximate surface area is 163 Å². The molecule has 3 amide bonds. The number of piperidine rings is 2. The Morgan fingerprint density at radius 1 is 1.07 bits per heavy atom. The minimum absolute atomic E-state index is 0.0568. The Bertz CT molecular complexity index is 918. The Balaban J connectivity index is 1.51. The van der Waals surface area contributed by atoms with Crippen molar-refractivity contribution in [1.82, 2.24) is 24.7 Å². The SMILES string of the molecule is CN(C)C(=O)N1CC[C@@]2(O)CCN(C(=O)c3ccc4nccnc4c3)C[C@H]2C1. The van der Waals surface area contributed by atoms with Crippen LogP contribution in [0.3, 0.4) is 0 Å². The molecule has 2 aliphatic rings. The fraction of sp³-hybridized carbons (Fsp3) is 0.500. The standard InChI is InChI=1S/C20H25N5O3/c1-23(2)19(27)25-10-6-20(28)5-9-24(12-15(20)13-25)18(26)14-3-4-16-17(11-14)22-8-7-21-16/h3-4,7-8,11,15,28H,5-6,9-10,12-13H2,1-2H3/t15-,20-/m0/s1. The number of urea groups is 1. The molecule has 2 fully saturated rings. The van der Waals surface area contributed by atoms with E-state index in [0.717, 1.165) is 5.52 Å². The fourth-order valence-electron chi connectivity index (χ4n) is 4.22. The van der Waals surface area contributed by atoms with Crippen molar-refractivity contribution in [3.05, 3.63) is 36.2 Å². The first-order valence-electron chi connectivity index (χ1n) is 9.56. The van der Waals surface area contributed by atoms with Crippen molar-refractivity contribution >= 4 is 23.0 Å². The smallest absolute Gasteiger partial charge is 0.319 e. The first kappa shape index (κ1) is 18.6. The summed E-state index contributed by atoms with van der Waals surface area (Å²) in [6.07, 6.45) is 4.31. The second-order valence-corrected chi connectivity index (χ2v) is 7.93. The van der Waals surface area contributed by atoms with E-state index in [0.29, 0.717) is 50.1 Å². The van der Waals surface area contributed by atoms with E-state index in [1.54, 1.807) is 59.4 Å². The predicted octanol–water partition coefficient (Wildman–Crippen LogP) is 1.21. The number of carbonyl (C=O) groups excluding carboxylic acids is 2. The minimum atomic E-state index is -0.811. The number of aliphatic hydroxyl groups is 1. The average molecular weight is 383 g/mol. The normalized spacial score (nSPS) is 24.8. The Hall–Kier alpha value is -2.74. The lowest BCUT2D eigenvalue weighted by Gasteiger charge is -2.50. The molecule has 4 rings (SSSR count). The average Bonchev–Trinajstić information content (AvgIpc) is 2.71. The fourth-order valence-corrected chi connectivity index (χ4v) is 4.22. The van der Waals surface area contributed by atoms with Crippen LogP contribution in [0.2, 0.25) is 0 Å². The van der Waals surface area contributed by atoms with Crippen molar-refractivity contribution < 1.29 is 14.7 Å². The van der Waals surface area contributed by atoms with Gasteiger partial charge in [0.1, 0.15) is 0 Å². The second-order valence-electron chi connectivity index (χ2n) is 7.93. The summed E-state index contributed by atoms with van der Waals surface area (Å²) in [5.41, 5.74) is 1.18. The van der Waals surface area contributed by atoms with Gasteiger partial charge >= 0.3 is 6.03 Å². The lowest BCUT2D eigenvalue weighted by molar-refractivity contribution is -0.100. The van der Waals surface area contributed by atoms with Crippen LogP contribution < -0.4 is 0 Å². The van der Waals surface area contributed by atoms with Crippen LogP contribution in [0.1, 0.15) is 23.2 Å². The molecular formula is C20H25N5O3. The summed E-state index contributed by atoms with van der Waals surface area (Å²) in [5.74, 6) is -0.228. The number of carbonyl (C=O) groups is 2. The summed E-state index contributed by atoms with van der Waals surface area (Å²) in [4.78, 5) is 39.0. The van der Waals surface area contributed by atoms with Crippen LogP contribution >= 0.6 is 0 Å². The van der Waals surface area contributed by atoms with Gasteiger partial charge < -0.3 is 19.8 Å². The molecule has 8 nitrogen and oxygen atoms in total. The largest absolute Gasteiger partial charge is 0.389 e. The molecule has 1 N–H and O–H groups in total. The summed E-state index contributed by atoms with van der Waals surface area (Å²) in [6.45, 7) is 1.94. The first-order valence-corrected chi connectivity index (χ1v) is 9.56. The van der Waals surface area contributed by atoms with Gasteiger partial charge in [-0.05, 0) is 31.0 Å². The van der Waals surface area contributed by atoms with Crippen LogP contribution in [0, 0.1) is 5.92 Å². The second kappa shape index (κ2) is 7.01. The molecule has 0 aliphatic carbocycles. The molecule has 0 unspecified atom stereocenters. The number of fused-ring (bicyclic) bond motifs is 2. The van der Waals surface area contributed by atoms with E-state index in [2.05, 4.69) is 9.97 Å². The molecule has 1 aromatic carbocycles. The molecule has 0 bridgehead atoms. The molecule has 0 radical (unpaired) electrons. The zero-order valence-corrected chi connectivity index (χ0v) is 16.2. The number of hydrogen-bond donors (Lipinski definition) is 1. The molecule has 2 atom stereocenters. The van der Waals surface area contributed by atoms with Gasteiger partial charge in [0.2, 0.25) is 0 Å². The van der Waals surface area contributed by atoms with Crippen molar-refractivity contribution in [2.75, 3.05) is 40.3 Å². The van der Waals surface area contributed by atoms with Gasteiger partial charge in [-0.3, -0.25) is 14.8 Å². The summed E-state index contributed by atoms with van der Waals surface area (Å²) in [7, 11) is 3.45. The van der Waals surface area contributed by atoms with Crippen molar-refractivity contribution in [2.45, 2.75) is 18.4 Å². The lowest BCUT2D eigenvalue weighted by atomic mass is 9.75. The third kappa shape index (κ3) is 3.28. The van der Waals surface area contributed by atoms with E-state index < -0.39 is 5.60 Å². The van der Waals surface area contributed by atoms with Crippen molar-refractivity contribution in [3.8, 4) is 0 Å². The maximum atomic E-state index is 13.1. The van der Waals surface area contributed by atoms with E-state index >= 15 is 0 Å². The van der Waals surface area contributed by atoms with Crippen LogP contribution in [0.4, 0.5) is 4.79 Å². The van der Waals surface area contributed by atoms with E-state index in [1.165, 1.54) is 0 Å². The minimum Gasteiger partial charge on any atom is -0.389 e. The highest BCUT2D eigenvalue weighted by Crippen LogP contribution is 2.36. The van der Waals surface area contributed by atoms with Gasteiger partial charge in [-0.25, -0.2) is 4.79 Å². The quantitative estimate of drug-likeness (QED) is 0.800. The van der Waals surface area contributed by atoms with E-state index in [9.17, 15) is 14.7 Å². The zero-order chi connectivity index (χ0) is 19.9. The monoisotopic (exact) mass is 383 g/mol. The molecule has 0 spiro atoms. The van der Waals surface area contributed by atoms with Crippen molar-refractivity contribution in [3.63, 3.8) is 0 Å². The molecule has 2 saturated heterocycles. The number of hydrogen-bond acceptors (Lipinski definition) is 5. The summed E-state index contributed by atoms with van der Waals surface area (Å²) in [6, 6.07) is 5.27. The molecule has 148 valence electrons. The first-order chi connectivity index (χ1) is 13.4. The molecule has 0 saturated carbocycles. The van der Waals surface area contributed by atoms with Crippen LogP contribution in [0.15, 0.2) is 30.6 Å². The highest BCUT2D eigenvalue weighted by molar-refractivity contribution is 5.97. The predicted molar refractivity (Wildman–Crippen MR) is 104 cm³/mol. The number of amides is 3. The maximum absolute atomic E-state index is 13.1. The number of likely N-dealkylation sites (tertiary alicyclic amines) is 2. The lowest BCUT2D eigenvalue weighted by Crippen LogP contribution is -2.62. The van der Waals surface area contributed by atoms with Gasteiger partial charge in [0.05, 0.1) is 16.6 Å². The van der Waals surface area contributed by atoms with Gasteiger partial charge in [-0.1, -0.05) is 0 Å². The van der Waals surface area contributed by atoms with Gasteiger partial charge in [-0.15, -0.1) is 0 Å². The van der Waals surface area contributed by atoms with Crippen LogP contribution in [0.5, 0.6) is 0 Å². The van der Waals surface area contributed by atoms with E-state index in [4.69, 9.17) is 0 Å². The highest BCUT2D eigenvalue weighted by atomic mass is 16.3. The Morgan fingerprint density at radius 3 is 2.43 bits per heavy atom. The molecule has 2 aliphatic heterocycles. The van der Waals surface area contributed by atoms with Crippen molar-refractivity contribution in [2.24, 2.45) is 5.92 Å². The number of aromatic nitrogens is 2. The van der Waals surface area contributed by atoms with Crippen LogP contribution in [-0.2, 0) is 0 Å². The molecular weight excluding hydrogens is 358 g/mol. The summed E-state index contributed by atoms with van der Waals surface area (Å²) < 4.78 is 0. The summed E-state index contributed by atoms with van der Waals surface area (Å²) >= 11 is 0. The molecule has 3 heterocycles. The van der Waals surface area contributed by atoms with Crippen LogP contribution in [0.25, 0.3) is 11.0 Å². The van der Waals surface area contributed by atoms with E-state index in [1.807, 2.05) is 0 Å². The third-order valence-corrected chi connectivity index (χ3v) is 5.93. The van der Waals surface area contributed by atoms with Gasteiger partial charge in [-0.2, -0.15) is 0 Å².